The number of urea groups is 1. The molecule has 2 heterocycles. The minimum Gasteiger partial charge on any atom is -0.335 e. The van der Waals surface area contributed by atoms with E-state index in [2.05, 4.69) is 10.3 Å². The van der Waals surface area contributed by atoms with E-state index in [0.29, 0.717) is 18.5 Å². The van der Waals surface area contributed by atoms with Gasteiger partial charge in [0.2, 0.25) is 0 Å². The van der Waals surface area contributed by atoms with E-state index in [1.54, 1.807) is 0 Å². The van der Waals surface area contributed by atoms with Crippen molar-refractivity contribution >= 4 is 35.0 Å². The molecule has 3 amide bonds. The first-order valence-corrected chi connectivity index (χ1v) is 9.85. The second kappa shape index (κ2) is 7.67. The number of pyridine rings is 1. The van der Waals surface area contributed by atoms with Crippen LogP contribution in [0.15, 0.2) is 30.3 Å². The van der Waals surface area contributed by atoms with Gasteiger partial charge >= 0.3 is 12.2 Å². The van der Waals surface area contributed by atoms with E-state index in [-0.39, 0.29) is 29.1 Å². The van der Waals surface area contributed by atoms with Crippen molar-refractivity contribution in [3.63, 3.8) is 0 Å². The Hall–Kier alpha value is -2.88. The highest BCUT2D eigenvalue weighted by molar-refractivity contribution is 6.31. The number of hydrogen-bond donors (Lipinski definition) is 1. The number of anilines is 2. The van der Waals surface area contributed by atoms with Gasteiger partial charge in [-0.1, -0.05) is 11.6 Å². The molecule has 6 nitrogen and oxygen atoms in total. The molecule has 1 aromatic carbocycles. The average Bonchev–Trinajstić information content (AvgIpc) is 3.44. The van der Waals surface area contributed by atoms with Gasteiger partial charge in [0.15, 0.2) is 0 Å². The highest BCUT2D eigenvalue weighted by Gasteiger charge is 2.45. The molecule has 1 aromatic heterocycles. The number of carbonyl (C=O) groups excluding carboxylic acids is 2. The maximum Gasteiger partial charge on any atom is 0.416 e. The van der Waals surface area contributed by atoms with Crippen LogP contribution in [-0.4, -0.2) is 35.6 Å². The van der Waals surface area contributed by atoms with Crippen LogP contribution in [0.3, 0.4) is 0 Å². The highest BCUT2D eigenvalue weighted by Crippen LogP contribution is 2.36. The molecule has 1 aliphatic heterocycles. The molecule has 1 saturated carbocycles. The fourth-order valence-corrected chi connectivity index (χ4v) is 3.72. The molecule has 2 fully saturated rings. The van der Waals surface area contributed by atoms with Crippen molar-refractivity contribution in [1.29, 1.82) is 0 Å². The number of carbonyl (C=O) groups is 2. The lowest BCUT2D eigenvalue weighted by atomic mass is 10.1. The van der Waals surface area contributed by atoms with Gasteiger partial charge in [-0.05, 0) is 50.1 Å². The van der Waals surface area contributed by atoms with Gasteiger partial charge in [0.1, 0.15) is 17.7 Å². The Bertz CT molecular complexity index is 1060. The number of hydrogen-bond acceptors (Lipinski definition) is 3. The molecule has 2 aliphatic rings. The molecule has 1 N–H and O–H groups in total. The first-order chi connectivity index (χ1) is 14.6. The first-order valence-electron chi connectivity index (χ1n) is 9.47. The second-order valence-corrected chi connectivity index (χ2v) is 7.87. The van der Waals surface area contributed by atoms with Crippen LogP contribution in [0.5, 0.6) is 0 Å². The second-order valence-electron chi connectivity index (χ2n) is 7.46. The number of nitrogens with one attached hydrogen (secondary N) is 1. The molecular weight excluding hydrogens is 440 g/mol. The van der Waals surface area contributed by atoms with E-state index in [0.717, 1.165) is 23.1 Å². The van der Waals surface area contributed by atoms with Gasteiger partial charge in [-0.15, -0.1) is 0 Å². The standard InChI is InChI=1S/C20H17ClF4N4O2/c1-10-6-11(20(23,24)25)7-17(27-10)29-16(9-26-19(29)31)18(30)28(12-2-3-12)13-4-5-15(22)14(21)8-13/h4-8,12,16H,2-3,9H2,1H3,(H,26,31)/t16-/m0/s1. The van der Waals surface area contributed by atoms with Crippen molar-refractivity contribution in [2.24, 2.45) is 0 Å². The van der Waals surface area contributed by atoms with Gasteiger partial charge in [-0.25, -0.2) is 14.2 Å². The predicted molar refractivity (Wildman–Crippen MR) is 106 cm³/mol. The molecule has 0 unspecified atom stereocenters. The van der Waals surface area contributed by atoms with Crippen LogP contribution in [0.4, 0.5) is 33.9 Å². The van der Waals surface area contributed by atoms with E-state index in [4.69, 9.17) is 11.6 Å². The summed E-state index contributed by atoms with van der Waals surface area (Å²) in [6.07, 6.45) is -3.23. The third-order valence-electron chi connectivity index (χ3n) is 5.11. The van der Waals surface area contributed by atoms with E-state index in [9.17, 15) is 27.2 Å². The molecule has 1 atom stereocenters. The van der Waals surface area contributed by atoms with Crippen LogP contribution in [0.1, 0.15) is 24.1 Å². The largest absolute Gasteiger partial charge is 0.416 e. The maximum absolute atomic E-state index is 13.6. The summed E-state index contributed by atoms with van der Waals surface area (Å²) in [7, 11) is 0. The van der Waals surface area contributed by atoms with Crippen LogP contribution >= 0.6 is 11.6 Å². The molecule has 164 valence electrons. The molecule has 0 bridgehead atoms. The number of rotatable bonds is 4. The normalized spacial score (nSPS) is 18.8. The van der Waals surface area contributed by atoms with Gasteiger partial charge in [-0.2, -0.15) is 13.2 Å². The Kier molecular flexibility index (Phi) is 5.28. The van der Waals surface area contributed by atoms with Crippen molar-refractivity contribution in [1.82, 2.24) is 10.3 Å². The number of halogens is 5. The van der Waals surface area contributed by atoms with Gasteiger partial charge in [-0.3, -0.25) is 9.69 Å². The van der Waals surface area contributed by atoms with Crippen molar-refractivity contribution in [2.45, 2.75) is 38.0 Å². The Morgan fingerprint density at radius 3 is 2.58 bits per heavy atom. The third kappa shape index (κ3) is 4.16. The molecule has 1 saturated heterocycles. The average molecular weight is 457 g/mol. The Balaban J connectivity index is 1.71. The third-order valence-corrected chi connectivity index (χ3v) is 5.40. The Labute approximate surface area is 179 Å². The van der Waals surface area contributed by atoms with Gasteiger partial charge in [0.25, 0.3) is 5.91 Å². The van der Waals surface area contributed by atoms with Crippen LogP contribution in [-0.2, 0) is 11.0 Å². The van der Waals surface area contributed by atoms with E-state index in [1.165, 1.54) is 24.0 Å². The summed E-state index contributed by atoms with van der Waals surface area (Å²) >= 11 is 5.87. The number of alkyl halides is 3. The molecule has 11 heteroatoms. The van der Waals surface area contributed by atoms with E-state index < -0.39 is 35.5 Å². The summed E-state index contributed by atoms with van der Waals surface area (Å²) in [6, 6.07) is 3.45. The molecule has 4 rings (SSSR count). The predicted octanol–water partition coefficient (Wildman–Crippen LogP) is 4.30. The molecule has 31 heavy (non-hydrogen) atoms. The van der Waals surface area contributed by atoms with E-state index in [1.807, 2.05) is 0 Å². The van der Waals surface area contributed by atoms with Gasteiger partial charge < -0.3 is 10.2 Å². The smallest absolute Gasteiger partial charge is 0.335 e. The summed E-state index contributed by atoms with van der Waals surface area (Å²) in [6.45, 7) is 1.27. The summed E-state index contributed by atoms with van der Waals surface area (Å²) in [5.41, 5.74) is -0.559. The summed E-state index contributed by atoms with van der Waals surface area (Å²) in [5.74, 6) is -1.43. The molecule has 2 aromatic rings. The minimum atomic E-state index is -4.64. The first kappa shape index (κ1) is 21.4. The van der Waals surface area contributed by atoms with Crippen molar-refractivity contribution in [3.8, 4) is 0 Å². The minimum absolute atomic E-state index is 0.0556. The molecule has 0 spiro atoms. The van der Waals surface area contributed by atoms with Gasteiger partial charge in [0.05, 0.1) is 10.6 Å². The summed E-state index contributed by atoms with van der Waals surface area (Å²) in [4.78, 5) is 32.3. The summed E-state index contributed by atoms with van der Waals surface area (Å²) < 4.78 is 53.4. The lowest BCUT2D eigenvalue weighted by Gasteiger charge is -2.29. The highest BCUT2D eigenvalue weighted by atomic mass is 35.5. The number of aromatic nitrogens is 1. The zero-order chi connectivity index (χ0) is 22.5. The maximum atomic E-state index is 13.6. The van der Waals surface area contributed by atoms with Crippen LogP contribution in [0.2, 0.25) is 5.02 Å². The quantitative estimate of drug-likeness (QED) is 0.698. The fourth-order valence-electron chi connectivity index (χ4n) is 3.55. The number of aryl methyl sites for hydroxylation is 1. The van der Waals surface area contributed by atoms with Crippen LogP contribution in [0.25, 0.3) is 0 Å². The lowest BCUT2D eigenvalue weighted by Crippen LogP contribution is -2.49. The Morgan fingerprint density at radius 1 is 1.26 bits per heavy atom. The topological polar surface area (TPSA) is 65.5 Å². The summed E-state index contributed by atoms with van der Waals surface area (Å²) in [5, 5.41) is 2.33. The van der Waals surface area contributed by atoms with Gasteiger partial charge in [0, 0.05) is 24.0 Å². The SMILES string of the molecule is Cc1cc(C(F)(F)F)cc(N2C(=O)NC[C@H]2C(=O)N(c2ccc(F)c(Cl)c2)C2CC2)n1. The zero-order valence-corrected chi connectivity index (χ0v) is 17.0. The lowest BCUT2D eigenvalue weighted by molar-refractivity contribution is -0.137. The van der Waals surface area contributed by atoms with Crippen molar-refractivity contribution in [3.05, 3.63) is 52.4 Å². The van der Waals surface area contributed by atoms with Crippen molar-refractivity contribution < 1.29 is 27.2 Å². The van der Waals surface area contributed by atoms with Crippen LogP contribution < -0.4 is 15.1 Å². The number of nitrogens with zero attached hydrogens (tertiary/aromatic N) is 3. The molecular formula is C20H17ClF4N4O2. The fraction of sp³-hybridized carbons (Fsp3) is 0.350. The van der Waals surface area contributed by atoms with Crippen molar-refractivity contribution in [2.75, 3.05) is 16.3 Å². The molecule has 1 aliphatic carbocycles. The Morgan fingerprint density at radius 2 is 1.97 bits per heavy atom. The number of benzene rings is 1. The number of amides is 3. The zero-order valence-electron chi connectivity index (χ0n) is 16.2. The monoisotopic (exact) mass is 456 g/mol. The van der Waals surface area contributed by atoms with E-state index >= 15 is 0 Å². The molecule has 0 radical (unpaired) electrons. The van der Waals surface area contributed by atoms with Crippen LogP contribution in [0, 0.1) is 12.7 Å².